The van der Waals surface area contributed by atoms with Gasteiger partial charge in [0.15, 0.2) is 6.10 Å². The molecule has 1 unspecified atom stereocenters. The topological polar surface area (TPSA) is 72.5 Å². The van der Waals surface area contributed by atoms with Crippen LogP contribution in [-0.2, 0) is 9.53 Å². The van der Waals surface area contributed by atoms with Crippen LogP contribution in [0.1, 0.15) is 29.9 Å². The molecule has 0 bridgehead atoms. The predicted molar refractivity (Wildman–Crippen MR) is 89.0 cm³/mol. The highest BCUT2D eigenvalue weighted by Crippen LogP contribution is 2.44. The Morgan fingerprint density at radius 2 is 1.65 bits per heavy atom. The Hall–Kier alpha value is -2.17. The Balaban J connectivity index is 1.75. The van der Waals surface area contributed by atoms with Gasteiger partial charge < -0.3 is 15.6 Å². The molecule has 120 valence electrons. The average molecular weight is 311 g/mol. The van der Waals surface area contributed by atoms with E-state index in [-0.39, 0.29) is 12.5 Å². The van der Waals surface area contributed by atoms with Crippen LogP contribution in [0.5, 0.6) is 0 Å². The van der Waals surface area contributed by atoms with Crippen molar-refractivity contribution in [2.24, 2.45) is 5.73 Å². The van der Waals surface area contributed by atoms with Gasteiger partial charge in [-0.15, -0.1) is 0 Å². The van der Waals surface area contributed by atoms with E-state index in [0.29, 0.717) is 19.4 Å². The molecule has 1 atom stereocenters. The van der Waals surface area contributed by atoms with Crippen LogP contribution in [0.15, 0.2) is 48.5 Å². The second kappa shape index (κ2) is 6.94. The van der Waals surface area contributed by atoms with E-state index in [9.17, 15) is 9.90 Å². The highest BCUT2D eigenvalue weighted by atomic mass is 16.5. The number of ether oxygens (including phenoxy) is 1. The Morgan fingerprint density at radius 1 is 1.09 bits per heavy atom. The van der Waals surface area contributed by atoms with Crippen LogP contribution in [-0.4, -0.2) is 30.3 Å². The predicted octanol–water partition coefficient (Wildman–Crippen LogP) is 2.44. The minimum absolute atomic E-state index is 0.0214. The molecule has 0 spiro atoms. The number of carbonyl (C=O) groups excluding carboxylic acids is 1. The summed E-state index contributed by atoms with van der Waals surface area (Å²) in [6, 6.07) is 16.3. The van der Waals surface area contributed by atoms with Crippen LogP contribution in [0.4, 0.5) is 0 Å². The van der Waals surface area contributed by atoms with Gasteiger partial charge in [0.2, 0.25) is 0 Å². The first kappa shape index (κ1) is 15.7. The van der Waals surface area contributed by atoms with Gasteiger partial charge in [0.25, 0.3) is 0 Å². The fraction of sp³-hybridized carbons (Fsp3) is 0.316. The summed E-state index contributed by atoms with van der Waals surface area (Å²) < 4.78 is 5.37. The van der Waals surface area contributed by atoms with Gasteiger partial charge in [0, 0.05) is 5.92 Å². The van der Waals surface area contributed by atoms with Crippen molar-refractivity contribution in [1.82, 2.24) is 0 Å². The van der Waals surface area contributed by atoms with Gasteiger partial charge in [0.05, 0.1) is 0 Å². The Morgan fingerprint density at radius 3 is 2.22 bits per heavy atom. The van der Waals surface area contributed by atoms with E-state index in [2.05, 4.69) is 24.3 Å². The smallest absolute Gasteiger partial charge is 0.334 e. The molecule has 0 saturated heterocycles. The molecular weight excluding hydrogens is 290 g/mol. The standard InChI is InChI=1S/C19H21NO3/c20-11-5-10-18(21)19(22)23-12-17-15-8-3-1-6-13(15)14-7-2-4-9-16(14)17/h1-4,6-9,17-18,21H,5,10-12,20H2. The van der Waals surface area contributed by atoms with Gasteiger partial charge in [0.1, 0.15) is 6.61 Å². The second-order valence-corrected chi connectivity index (χ2v) is 5.80. The van der Waals surface area contributed by atoms with Crippen LogP contribution in [0.3, 0.4) is 0 Å². The van der Waals surface area contributed by atoms with E-state index in [4.69, 9.17) is 10.5 Å². The van der Waals surface area contributed by atoms with Gasteiger partial charge >= 0.3 is 5.97 Å². The molecule has 0 aliphatic heterocycles. The molecule has 4 nitrogen and oxygen atoms in total. The molecule has 2 aromatic carbocycles. The summed E-state index contributed by atoms with van der Waals surface area (Å²) in [4.78, 5) is 11.9. The summed E-state index contributed by atoms with van der Waals surface area (Å²) in [5.74, 6) is -0.548. The number of aliphatic hydroxyl groups excluding tert-OH is 1. The fourth-order valence-electron chi connectivity index (χ4n) is 3.13. The summed E-state index contributed by atoms with van der Waals surface area (Å²) >= 11 is 0. The quantitative estimate of drug-likeness (QED) is 0.804. The normalized spacial score (nSPS) is 14.2. The number of carbonyl (C=O) groups is 1. The first-order valence-electron chi connectivity index (χ1n) is 7.95. The van der Waals surface area contributed by atoms with E-state index >= 15 is 0 Å². The molecule has 0 amide bonds. The first-order valence-corrected chi connectivity index (χ1v) is 7.95. The third-order valence-corrected chi connectivity index (χ3v) is 4.31. The van der Waals surface area contributed by atoms with Crippen molar-refractivity contribution in [1.29, 1.82) is 0 Å². The summed E-state index contributed by atoms with van der Waals surface area (Å²) in [7, 11) is 0. The van der Waals surface area contributed by atoms with Crippen LogP contribution in [0.25, 0.3) is 11.1 Å². The maximum Gasteiger partial charge on any atom is 0.334 e. The number of rotatable bonds is 6. The highest BCUT2D eigenvalue weighted by molar-refractivity contribution is 5.79. The molecule has 0 aromatic heterocycles. The maximum absolute atomic E-state index is 11.9. The number of esters is 1. The minimum Gasteiger partial charge on any atom is -0.463 e. The maximum atomic E-state index is 11.9. The molecular formula is C19H21NO3. The zero-order valence-electron chi connectivity index (χ0n) is 12.9. The monoisotopic (exact) mass is 311 g/mol. The lowest BCUT2D eigenvalue weighted by molar-refractivity contribution is -0.154. The van der Waals surface area contributed by atoms with Crippen molar-refractivity contribution in [2.75, 3.05) is 13.2 Å². The van der Waals surface area contributed by atoms with Crippen molar-refractivity contribution in [2.45, 2.75) is 24.9 Å². The van der Waals surface area contributed by atoms with Crippen molar-refractivity contribution >= 4 is 5.97 Å². The third-order valence-electron chi connectivity index (χ3n) is 4.31. The number of aliphatic hydroxyl groups is 1. The summed E-state index contributed by atoms with van der Waals surface area (Å²) in [5.41, 5.74) is 10.1. The lowest BCUT2D eigenvalue weighted by atomic mass is 9.98. The Kier molecular flexibility index (Phi) is 4.74. The molecule has 2 aromatic rings. The lowest BCUT2D eigenvalue weighted by Crippen LogP contribution is -2.25. The summed E-state index contributed by atoms with van der Waals surface area (Å²) in [5, 5.41) is 9.78. The van der Waals surface area contributed by atoms with Gasteiger partial charge in [-0.2, -0.15) is 0 Å². The molecule has 0 radical (unpaired) electrons. The van der Waals surface area contributed by atoms with Crippen LogP contribution in [0.2, 0.25) is 0 Å². The summed E-state index contributed by atoms with van der Waals surface area (Å²) in [6.07, 6.45) is -0.149. The van der Waals surface area contributed by atoms with E-state index in [1.165, 1.54) is 11.1 Å². The fourth-order valence-corrected chi connectivity index (χ4v) is 3.13. The van der Waals surface area contributed by atoms with Crippen molar-refractivity contribution in [3.8, 4) is 11.1 Å². The summed E-state index contributed by atoms with van der Waals surface area (Å²) in [6.45, 7) is 0.695. The SMILES string of the molecule is NCCCC(O)C(=O)OCC1c2ccccc2-c2ccccc21. The highest BCUT2D eigenvalue weighted by Gasteiger charge is 2.29. The van der Waals surface area contributed by atoms with E-state index in [1.807, 2.05) is 24.3 Å². The molecule has 3 N–H and O–H groups in total. The van der Waals surface area contributed by atoms with Gasteiger partial charge in [-0.25, -0.2) is 4.79 Å². The molecule has 1 aliphatic rings. The van der Waals surface area contributed by atoms with E-state index in [0.717, 1.165) is 11.1 Å². The number of hydrogen-bond acceptors (Lipinski definition) is 4. The number of fused-ring (bicyclic) bond motifs is 3. The molecule has 0 fully saturated rings. The number of hydrogen-bond donors (Lipinski definition) is 2. The van der Waals surface area contributed by atoms with Gasteiger partial charge in [-0.05, 0) is 41.6 Å². The molecule has 1 aliphatic carbocycles. The van der Waals surface area contributed by atoms with Crippen LogP contribution < -0.4 is 5.73 Å². The second-order valence-electron chi connectivity index (χ2n) is 5.80. The molecule has 4 heteroatoms. The van der Waals surface area contributed by atoms with Crippen molar-refractivity contribution < 1.29 is 14.6 Å². The van der Waals surface area contributed by atoms with E-state index in [1.54, 1.807) is 0 Å². The van der Waals surface area contributed by atoms with Crippen LogP contribution >= 0.6 is 0 Å². The Bertz CT molecular complexity index is 653. The number of nitrogens with two attached hydrogens (primary N) is 1. The zero-order valence-corrected chi connectivity index (χ0v) is 12.9. The molecule has 0 saturated carbocycles. The largest absolute Gasteiger partial charge is 0.463 e. The Labute approximate surface area is 135 Å². The molecule has 3 rings (SSSR count). The van der Waals surface area contributed by atoms with Gasteiger partial charge in [-0.1, -0.05) is 48.5 Å². The molecule has 23 heavy (non-hydrogen) atoms. The van der Waals surface area contributed by atoms with Crippen LogP contribution in [0, 0.1) is 0 Å². The third kappa shape index (κ3) is 3.14. The van der Waals surface area contributed by atoms with E-state index < -0.39 is 12.1 Å². The first-order chi connectivity index (χ1) is 11.2. The lowest BCUT2D eigenvalue weighted by Gasteiger charge is -2.16. The average Bonchev–Trinajstić information content (AvgIpc) is 2.91. The minimum atomic E-state index is -1.09. The van der Waals surface area contributed by atoms with Gasteiger partial charge in [-0.3, -0.25) is 0 Å². The zero-order chi connectivity index (χ0) is 16.2. The van der Waals surface area contributed by atoms with Crippen molar-refractivity contribution in [3.05, 3.63) is 59.7 Å². The molecule has 0 heterocycles. The number of benzene rings is 2. The van der Waals surface area contributed by atoms with Crippen molar-refractivity contribution in [3.63, 3.8) is 0 Å².